The summed E-state index contributed by atoms with van der Waals surface area (Å²) in [5.41, 5.74) is 4.06. The molecule has 27 heavy (non-hydrogen) atoms. The van der Waals surface area contributed by atoms with E-state index in [1.54, 1.807) is 12.1 Å². The summed E-state index contributed by atoms with van der Waals surface area (Å²) in [6, 6.07) is 11.8. The van der Waals surface area contributed by atoms with Gasteiger partial charge in [-0.3, -0.25) is 0 Å². The van der Waals surface area contributed by atoms with Gasteiger partial charge < -0.3 is 10.2 Å². The van der Waals surface area contributed by atoms with Crippen LogP contribution in [0.5, 0.6) is 11.5 Å². The quantitative estimate of drug-likeness (QED) is 0.376. The van der Waals surface area contributed by atoms with Crippen molar-refractivity contribution in [3.63, 3.8) is 0 Å². The molecule has 2 aromatic rings. The fourth-order valence-electron chi connectivity index (χ4n) is 3.39. The van der Waals surface area contributed by atoms with Crippen molar-refractivity contribution in [1.29, 1.82) is 0 Å². The van der Waals surface area contributed by atoms with Gasteiger partial charge in [-0.2, -0.15) is 0 Å². The second-order valence-electron chi connectivity index (χ2n) is 7.67. The van der Waals surface area contributed by atoms with Crippen molar-refractivity contribution in [2.24, 2.45) is 0 Å². The molecule has 0 amide bonds. The zero-order chi connectivity index (χ0) is 19.9. The largest absolute Gasteiger partial charge is 0.508 e. The zero-order valence-corrected chi connectivity index (χ0v) is 16.7. The molecule has 0 radical (unpaired) electrons. The van der Waals surface area contributed by atoms with E-state index in [1.807, 2.05) is 24.3 Å². The standard InChI is InChI=1S/C25H32O2/c1-5-7-9-11-19-17-21(13-15-23(19)26)25(3,4)22-14-16-24(27)20(18-22)12-10-8-6-2/h5-6,13-18,26-27H,1-2,7-12H2,3-4H3. The Labute approximate surface area is 163 Å². The molecule has 0 spiro atoms. The lowest BCUT2D eigenvalue weighted by Gasteiger charge is -2.28. The third-order valence-electron chi connectivity index (χ3n) is 5.31. The summed E-state index contributed by atoms with van der Waals surface area (Å²) in [5.74, 6) is 0.712. The number of rotatable bonds is 10. The van der Waals surface area contributed by atoms with Crippen LogP contribution in [0.2, 0.25) is 0 Å². The number of unbranched alkanes of at least 4 members (excludes halogenated alkanes) is 2. The molecule has 0 aliphatic rings. The maximum atomic E-state index is 10.2. The molecule has 0 heterocycles. The van der Waals surface area contributed by atoms with Gasteiger partial charge in [0.15, 0.2) is 0 Å². The lowest BCUT2D eigenvalue weighted by atomic mass is 9.76. The third kappa shape index (κ3) is 5.26. The second kappa shape index (κ2) is 9.45. The molecular weight excluding hydrogens is 332 g/mol. The summed E-state index contributed by atoms with van der Waals surface area (Å²) < 4.78 is 0. The molecule has 0 saturated carbocycles. The van der Waals surface area contributed by atoms with Crippen LogP contribution in [-0.4, -0.2) is 10.2 Å². The van der Waals surface area contributed by atoms with E-state index >= 15 is 0 Å². The van der Waals surface area contributed by atoms with Gasteiger partial charge in [-0.05, 0) is 72.9 Å². The van der Waals surface area contributed by atoms with Crippen molar-refractivity contribution >= 4 is 0 Å². The Bertz CT molecular complexity index is 721. The van der Waals surface area contributed by atoms with Gasteiger partial charge in [-0.15, -0.1) is 13.2 Å². The van der Waals surface area contributed by atoms with Crippen LogP contribution >= 0.6 is 0 Å². The predicted molar refractivity (Wildman–Crippen MR) is 115 cm³/mol. The molecular formula is C25H32O2. The highest BCUT2D eigenvalue weighted by atomic mass is 16.3. The van der Waals surface area contributed by atoms with Crippen molar-refractivity contribution in [3.05, 3.63) is 84.0 Å². The lowest BCUT2D eigenvalue weighted by Crippen LogP contribution is -2.19. The summed E-state index contributed by atoms with van der Waals surface area (Å²) in [7, 11) is 0. The number of phenolic OH excluding ortho intramolecular Hbond substituents is 2. The Hall–Kier alpha value is -2.48. The van der Waals surface area contributed by atoms with Gasteiger partial charge in [-0.1, -0.05) is 50.3 Å². The van der Waals surface area contributed by atoms with E-state index in [4.69, 9.17) is 0 Å². The number of hydrogen-bond acceptors (Lipinski definition) is 2. The summed E-state index contributed by atoms with van der Waals surface area (Å²) >= 11 is 0. The van der Waals surface area contributed by atoms with Gasteiger partial charge in [-0.25, -0.2) is 0 Å². The first-order chi connectivity index (χ1) is 12.9. The lowest BCUT2D eigenvalue weighted by molar-refractivity contribution is 0.465. The molecule has 2 rings (SSSR count). The van der Waals surface area contributed by atoms with Crippen LogP contribution in [0.1, 0.15) is 61.8 Å². The van der Waals surface area contributed by atoms with Crippen molar-refractivity contribution < 1.29 is 10.2 Å². The number of benzene rings is 2. The van der Waals surface area contributed by atoms with Crippen LogP contribution in [0, 0.1) is 0 Å². The number of aryl methyl sites for hydroxylation is 2. The van der Waals surface area contributed by atoms with Crippen LogP contribution < -0.4 is 0 Å². The Morgan fingerprint density at radius 1 is 0.778 bits per heavy atom. The monoisotopic (exact) mass is 364 g/mol. The predicted octanol–water partition coefficient (Wildman–Crippen LogP) is 6.44. The number of hydrogen-bond donors (Lipinski definition) is 2. The zero-order valence-electron chi connectivity index (χ0n) is 16.7. The van der Waals surface area contributed by atoms with Crippen LogP contribution in [-0.2, 0) is 18.3 Å². The summed E-state index contributed by atoms with van der Waals surface area (Å²) in [5, 5.41) is 20.4. The van der Waals surface area contributed by atoms with Gasteiger partial charge in [0.05, 0.1) is 0 Å². The molecule has 2 nitrogen and oxygen atoms in total. The van der Waals surface area contributed by atoms with E-state index in [2.05, 4.69) is 39.1 Å². The number of phenols is 2. The highest BCUT2D eigenvalue weighted by Crippen LogP contribution is 2.36. The molecule has 2 aromatic carbocycles. The first-order valence-electron chi connectivity index (χ1n) is 9.76. The Morgan fingerprint density at radius 2 is 1.19 bits per heavy atom. The van der Waals surface area contributed by atoms with E-state index < -0.39 is 0 Å². The van der Waals surface area contributed by atoms with E-state index in [9.17, 15) is 10.2 Å². The third-order valence-corrected chi connectivity index (χ3v) is 5.31. The molecule has 0 unspecified atom stereocenters. The summed E-state index contributed by atoms with van der Waals surface area (Å²) in [6.07, 6.45) is 9.35. The molecule has 0 aromatic heterocycles. The number of allylic oxidation sites excluding steroid dienone is 2. The Kier molecular flexibility index (Phi) is 7.29. The van der Waals surface area contributed by atoms with Gasteiger partial charge in [0.25, 0.3) is 0 Å². The van der Waals surface area contributed by atoms with Crippen molar-refractivity contribution in [2.75, 3.05) is 0 Å². The maximum Gasteiger partial charge on any atom is 0.118 e. The first kappa shape index (κ1) is 20.8. The van der Waals surface area contributed by atoms with Crippen molar-refractivity contribution in [1.82, 2.24) is 0 Å². The van der Waals surface area contributed by atoms with Gasteiger partial charge >= 0.3 is 0 Å². The molecule has 0 fully saturated rings. The minimum Gasteiger partial charge on any atom is -0.508 e. The maximum absolute atomic E-state index is 10.2. The average Bonchev–Trinajstić information content (AvgIpc) is 2.65. The highest BCUT2D eigenvalue weighted by Gasteiger charge is 2.25. The molecule has 0 saturated heterocycles. The van der Waals surface area contributed by atoms with E-state index in [-0.39, 0.29) is 5.41 Å². The molecule has 2 N–H and O–H groups in total. The summed E-state index contributed by atoms with van der Waals surface area (Å²) in [6.45, 7) is 11.9. The molecule has 0 aliphatic heterocycles. The van der Waals surface area contributed by atoms with E-state index in [0.717, 1.165) is 60.8 Å². The SMILES string of the molecule is C=CCCCc1cc(C(C)(C)c2ccc(O)c(CCCC=C)c2)ccc1O. The molecule has 144 valence electrons. The normalized spacial score (nSPS) is 11.3. The Morgan fingerprint density at radius 3 is 1.56 bits per heavy atom. The van der Waals surface area contributed by atoms with Crippen LogP contribution in [0.3, 0.4) is 0 Å². The minimum absolute atomic E-state index is 0.220. The van der Waals surface area contributed by atoms with Crippen LogP contribution in [0.4, 0.5) is 0 Å². The number of aromatic hydroxyl groups is 2. The first-order valence-corrected chi connectivity index (χ1v) is 9.76. The van der Waals surface area contributed by atoms with E-state index in [1.165, 1.54) is 0 Å². The van der Waals surface area contributed by atoms with Gasteiger partial charge in [0.2, 0.25) is 0 Å². The van der Waals surface area contributed by atoms with Crippen molar-refractivity contribution in [2.45, 2.75) is 57.8 Å². The second-order valence-corrected chi connectivity index (χ2v) is 7.67. The molecule has 0 atom stereocenters. The van der Waals surface area contributed by atoms with Crippen molar-refractivity contribution in [3.8, 4) is 11.5 Å². The molecule has 0 aliphatic carbocycles. The average molecular weight is 365 g/mol. The van der Waals surface area contributed by atoms with Gasteiger partial charge in [0.1, 0.15) is 11.5 Å². The fourth-order valence-corrected chi connectivity index (χ4v) is 3.39. The Balaban J connectivity index is 2.31. The molecule has 2 heteroatoms. The highest BCUT2D eigenvalue weighted by molar-refractivity contribution is 5.47. The fraction of sp³-hybridized carbons (Fsp3) is 0.360. The summed E-state index contributed by atoms with van der Waals surface area (Å²) in [4.78, 5) is 0. The van der Waals surface area contributed by atoms with Crippen LogP contribution in [0.25, 0.3) is 0 Å². The molecule has 0 bridgehead atoms. The smallest absolute Gasteiger partial charge is 0.118 e. The van der Waals surface area contributed by atoms with E-state index in [0.29, 0.717) is 11.5 Å². The van der Waals surface area contributed by atoms with Crippen LogP contribution in [0.15, 0.2) is 61.7 Å². The minimum atomic E-state index is -0.220. The topological polar surface area (TPSA) is 40.5 Å². The van der Waals surface area contributed by atoms with Gasteiger partial charge in [0, 0.05) is 5.41 Å².